The van der Waals surface area contributed by atoms with Gasteiger partial charge in [0.2, 0.25) is 11.8 Å². The number of carbonyl (C=O) groups excluding carboxylic acids is 2. The molecule has 1 aromatic rings. The number of nitrogens with zero attached hydrogens (tertiary/aromatic N) is 2. The number of amides is 2. The smallest absolute Gasteiger partial charge is 0.224 e. The van der Waals surface area contributed by atoms with Crippen LogP contribution in [0.15, 0.2) is 6.20 Å². The highest BCUT2D eigenvalue weighted by Crippen LogP contribution is 2.17. The maximum absolute atomic E-state index is 12.1. The summed E-state index contributed by atoms with van der Waals surface area (Å²) in [6, 6.07) is 0.283. The van der Waals surface area contributed by atoms with E-state index in [0.717, 1.165) is 30.8 Å². The monoisotopic (exact) mass is 334 g/mol. The Hall–Kier alpha value is -1.85. The normalized spacial score (nSPS) is 16.2. The Morgan fingerprint density at radius 2 is 1.75 bits per heavy atom. The largest absolute Gasteiger partial charge is 0.353 e. The first-order valence-corrected chi connectivity index (χ1v) is 9.21. The van der Waals surface area contributed by atoms with Gasteiger partial charge in [-0.3, -0.25) is 14.3 Å². The Bertz CT molecular complexity index is 545. The first-order valence-electron chi connectivity index (χ1n) is 9.21. The maximum Gasteiger partial charge on any atom is 0.224 e. The SMILES string of the molecule is CCn1ncc(NC(=O)CCC(=O)NC2CCCCCCC2)c1C. The van der Waals surface area contributed by atoms with Crippen molar-refractivity contribution in [2.24, 2.45) is 0 Å². The van der Waals surface area contributed by atoms with E-state index >= 15 is 0 Å². The predicted molar refractivity (Wildman–Crippen MR) is 94.8 cm³/mol. The van der Waals surface area contributed by atoms with Gasteiger partial charge in [0.05, 0.1) is 17.6 Å². The summed E-state index contributed by atoms with van der Waals surface area (Å²) in [5.74, 6) is -0.154. The quantitative estimate of drug-likeness (QED) is 0.839. The first-order chi connectivity index (χ1) is 11.6. The van der Waals surface area contributed by atoms with Crippen molar-refractivity contribution in [3.8, 4) is 0 Å². The molecule has 0 radical (unpaired) electrons. The summed E-state index contributed by atoms with van der Waals surface area (Å²) >= 11 is 0. The summed E-state index contributed by atoms with van der Waals surface area (Å²) in [6.07, 6.45) is 10.4. The molecule has 0 spiro atoms. The third kappa shape index (κ3) is 5.65. The molecular weight excluding hydrogens is 304 g/mol. The highest BCUT2D eigenvalue weighted by Gasteiger charge is 2.15. The number of carbonyl (C=O) groups is 2. The highest BCUT2D eigenvalue weighted by atomic mass is 16.2. The zero-order valence-corrected chi connectivity index (χ0v) is 14.9. The Labute approximate surface area is 144 Å². The van der Waals surface area contributed by atoms with Crippen LogP contribution in [-0.2, 0) is 16.1 Å². The van der Waals surface area contributed by atoms with Crippen molar-refractivity contribution < 1.29 is 9.59 Å². The van der Waals surface area contributed by atoms with E-state index in [4.69, 9.17) is 0 Å². The number of hydrogen-bond acceptors (Lipinski definition) is 3. The number of anilines is 1. The third-order valence-corrected chi connectivity index (χ3v) is 4.73. The van der Waals surface area contributed by atoms with Gasteiger partial charge in [0.1, 0.15) is 0 Å². The zero-order valence-electron chi connectivity index (χ0n) is 14.9. The Morgan fingerprint density at radius 3 is 2.38 bits per heavy atom. The Morgan fingerprint density at radius 1 is 1.12 bits per heavy atom. The van der Waals surface area contributed by atoms with E-state index in [1.165, 1.54) is 32.1 Å². The summed E-state index contributed by atoms with van der Waals surface area (Å²) < 4.78 is 1.83. The summed E-state index contributed by atoms with van der Waals surface area (Å²) in [7, 11) is 0. The number of hydrogen-bond donors (Lipinski definition) is 2. The van der Waals surface area contributed by atoms with Crippen molar-refractivity contribution in [2.75, 3.05) is 5.32 Å². The molecule has 0 aromatic carbocycles. The molecule has 0 aliphatic heterocycles. The molecule has 0 atom stereocenters. The lowest BCUT2D eigenvalue weighted by Gasteiger charge is -2.21. The van der Waals surface area contributed by atoms with Crippen molar-refractivity contribution in [1.82, 2.24) is 15.1 Å². The molecule has 1 heterocycles. The lowest BCUT2D eigenvalue weighted by Crippen LogP contribution is -2.35. The molecule has 1 fully saturated rings. The average Bonchev–Trinajstić information content (AvgIpc) is 2.88. The molecule has 0 saturated heterocycles. The van der Waals surface area contributed by atoms with E-state index in [1.807, 2.05) is 18.5 Å². The topological polar surface area (TPSA) is 76.0 Å². The second kappa shape index (κ2) is 9.45. The van der Waals surface area contributed by atoms with Crippen molar-refractivity contribution in [2.45, 2.75) is 84.2 Å². The molecule has 2 amide bonds. The molecule has 1 aliphatic carbocycles. The molecule has 6 heteroatoms. The van der Waals surface area contributed by atoms with Crippen LogP contribution >= 0.6 is 0 Å². The average molecular weight is 334 g/mol. The molecule has 1 aromatic heterocycles. The number of nitrogens with one attached hydrogen (secondary N) is 2. The first kappa shape index (κ1) is 18.5. The minimum Gasteiger partial charge on any atom is -0.353 e. The molecule has 6 nitrogen and oxygen atoms in total. The van der Waals surface area contributed by atoms with Crippen LogP contribution in [0.1, 0.15) is 70.4 Å². The highest BCUT2D eigenvalue weighted by molar-refractivity contribution is 5.93. The second-order valence-electron chi connectivity index (χ2n) is 6.62. The minimum atomic E-state index is -0.137. The maximum atomic E-state index is 12.1. The van der Waals surface area contributed by atoms with E-state index in [9.17, 15) is 9.59 Å². The van der Waals surface area contributed by atoms with Crippen LogP contribution in [0.2, 0.25) is 0 Å². The second-order valence-corrected chi connectivity index (χ2v) is 6.62. The number of rotatable bonds is 6. The van der Waals surface area contributed by atoms with Gasteiger partial charge in [-0.25, -0.2) is 0 Å². The van der Waals surface area contributed by atoms with Gasteiger partial charge in [-0.05, 0) is 26.7 Å². The summed E-state index contributed by atoms with van der Waals surface area (Å²) in [6.45, 7) is 4.70. The summed E-state index contributed by atoms with van der Waals surface area (Å²) in [4.78, 5) is 24.1. The van der Waals surface area contributed by atoms with Gasteiger partial charge in [-0.15, -0.1) is 0 Å². The van der Waals surface area contributed by atoms with Crippen molar-refractivity contribution in [3.63, 3.8) is 0 Å². The standard InChI is InChI=1S/C18H30N4O2/c1-3-22-14(2)16(13-19-22)21-18(24)12-11-17(23)20-15-9-7-5-4-6-8-10-15/h13,15H,3-12H2,1-2H3,(H,20,23)(H,21,24). The number of aryl methyl sites for hydroxylation is 1. The fourth-order valence-electron chi connectivity index (χ4n) is 3.23. The molecule has 2 rings (SSSR count). The van der Waals surface area contributed by atoms with Crippen LogP contribution in [0.3, 0.4) is 0 Å². The molecule has 1 saturated carbocycles. The van der Waals surface area contributed by atoms with Crippen LogP contribution < -0.4 is 10.6 Å². The lowest BCUT2D eigenvalue weighted by molar-refractivity contribution is -0.125. The van der Waals surface area contributed by atoms with Crippen molar-refractivity contribution in [1.29, 1.82) is 0 Å². The molecule has 24 heavy (non-hydrogen) atoms. The van der Waals surface area contributed by atoms with Crippen molar-refractivity contribution in [3.05, 3.63) is 11.9 Å². The van der Waals surface area contributed by atoms with Crippen LogP contribution in [-0.4, -0.2) is 27.6 Å². The minimum absolute atomic E-state index is 0.0169. The molecule has 134 valence electrons. The fraction of sp³-hybridized carbons (Fsp3) is 0.722. The van der Waals surface area contributed by atoms with Crippen LogP contribution in [0.25, 0.3) is 0 Å². The van der Waals surface area contributed by atoms with Crippen LogP contribution in [0.5, 0.6) is 0 Å². The molecular formula is C18H30N4O2. The van der Waals surface area contributed by atoms with Gasteiger partial charge in [0.15, 0.2) is 0 Å². The molecule has 0 bridgehead atoms. The van der Waals surface area contributed by atoms with Gasteiger partial charge < -0.3 is 10.6 Å². The van der Waals surface area contributed by atoms with E-state index in [-0.39, 0.29) is 30.7 Å². The van der Waals surface area contributed by atoms with Gasteiger partial charge in [0, 0.05) is 25.4 Å². The van der Waals surface area contributed by atoms with Crippen molar-refractivity contribution >= 4 is 17.5 Å². The molecule has 0 unspecified atom stereocenters. The van der Waals surface area contributed by atoms with E-state index in [1.54, 1.807) is 6.20 Å². The van der Waals surface area contributed by atoms with Crippen LogP contribution in [0.4, 0.5) is 5.69 Å². The van der Waals surface area contributed by atoms with Gasteiger partial charge in [0.25, 0.3) is 0 Å². The predicted octanol–water partition coefficient (Wildman–Crippen LogP) is 3.16. The Balaban J connectivity index is 1.72. The zero-order chi connectivity index (χ0) is 17.4. The fourth-order valence-corrected chi connectivity index (χ4v) is 3.23. The number of aromatic nitrogens is 2. The van der Waals surface area contributed by atoms with Gasteiger partial charge >= 0.3 is 0 Å². The summed E-state index contributed by atoms with van der Waals surface area (Å²) in [5, 5.41) is 10.1. The van der Waals surface area contributed by atoms with Crippen LogP contribution in [0, 0.1) is 6.92 Å². The van der Waals surface area contributed by atoms with E-state index in [2.05, 4.69) is 15.7 Å². The van der Waals surface area contributed by atoms with Gasteiger partial charge in [-0.1, -0.05) is 32.1 Å². The third-order valence-electron chi connectivity index (χ3n) is 4.73. The molecule has 1 aliphatic rings. The lowest BCUT2D eigenvalue weighted by atomic mass is 9.96. The van der Waals surface area contributed by atoms with E-state index in [0.29, 0.717) is 0 Å². The Kier molecular flexibility index (Phi) is 7.28. The van der Waals surface area contributed by atoms with E-state index < -0.39 is 0 Å². The summed E-state index contributed by atoms with van der Waals surface area (Å²) in [5.41, 5.74) is 1.66. The van der Waals surface area contributed by atoms with Gasteiger partial charge in [-0.2, -0.15) is 5.10 Å². The molecule has 2 N–H and O–H groups in total.